The molecular formula is C20H28N6O2. The van der Waals surface area contributed by atoms with Gasteiger partial charge in [0.15, 0.2) is 6.29 Å². The van der Waals surface area contributed by atoms with E-state index >= 15 is 0 Å². The van der Waals surface area contributed by atoms with Crippen molar-refractivity contribution < 1.29 is 9.47 Å². The molecule has 0 spiro atoms. The first-order valence-corrected chi connectivity index (χ1v) is 10.0. The number of anilines is 3. The monoisotopic (exact) mass is 384 g/mol. The van der Waals surface area contributed by atoms with Crippen molar-refractivity contribution in [1.82, 2.24) is 19.9 Å². The number of nitrogen functional groups attached to an aromatic ring is 1. The van der Waals surface area contributed by atoms with Crippen molar-refractivity contribution in [3.05, 3.63) is 35.7 Å². The lowest BCUT2D eigenvalue weighted by Gasteiger charge is -2.33. The number of benzene rings is 1. The van der Waals surface area contributed by atoms with Gasteiger partial charge < -0.3 is 20.5 Å². The number of nitrogens with one attached hydrogen (secondary N) is 1. The van der Waals surface area contributed by atoms with Crippen molar-refractivity contribution in [2.75, 3.05) is 37.4 Å². The fourth-order valence-corrected chi connectivity index (χ4v) is 3.87. The Bertz CT molecular complexity index is 788. The van der Waals surface area contributed by atoms with Crippen LogP contribution >= 0.6 is 0 Å². The largest absolute Gasteiger partial charge is 0.368 e. The van der Waals surface area contributed by atoms with Crippen LogP contribution in [0.2, 0.25) is 0 Å². The van der Waals surface area contributed by atoms with Crippen LogP contribution in [0.15, 0.2) is 24.3 Å². The van der Waals surface area contributed by atoms with E-state index in [1.807, 2.05) is 18.2 Å². The Kier molecular flexibility index (Phi) is 5.99. The number of rotatable bonds is 6. The summed E-state index contributed by atoms with van der Waals surface area (Å²) >= 11 is 0. The van der Waals surface area contributed by atoms with E-state index < -0.39 is 0 Å². The molecule has 1 aromatic heterocycles. The van der Waals surface area contributed by atoms with E-state index in [1.54, 1.807) is 0 Å². The lowest BCUT2D eigenvalue weighted by Crippen LogP contribution is -2.38. The Hall–Kier alpha value is -2.29. The van der Waals surface area contributed by atoms with Crippen LogP contribution in [0.5, 0.6) is 0 Å². The normalized spacial score (nSPS) is 19.2. The highest BCUT2D eigenvalue weighted by atomic mass is 16.7. The summed E-state index contributed by atoms with van der Waals surface area (Å²) in [6, 6.07) is 8.14. The summed E-state index contributed by atoms with van der Waals surface area (Å²) < 4.78 is 11.3. The smallest absolute Gasteiger partial charge is 0.232 e. The first-order valence-electron chi connectivity index (χ1n) is 10.0. The summed E-state index contributed by atoms with van der Waals surface area (Å²) in [5.41, 5.74) is 8.15. The van der Waals surface area contributed by atoms with Crippen molar-refractivity contribution in [1.29, 1.82) is 0 Å². The minimum absolute atomic E-state index is 0.0237. The van der Waals surface area contributed by atoms with Gasteiger partial charge in [-0.15, -0.1) is 0 Å². The number of nitrogens with two attached hydrogens (primary N) is 1. The quantitative estimate of drug-likeness (QED) is 0.783. The van der Waals surface area contributed by atoms with Crippen LogP contribution in [0.3, 0.4) is 0 Å². The van der Waals surface area contributed by atoms with E-state index in [9.17, 15) is 0 Å². The molecule has 8 nitrogen and oxygen atoms in total. The molecule has 2 aliphatic rings. The predicted molar refractivity (Wildman–Crippen MR) is 107 cm³/mol. The summed E-state index contributed by atoms with van der Waals surface area (Å²) in [7, 11) is 0. The molecule has 0 aliphatic carbocycles. The van der Waals surface area contributed by atoms with Gasteiger partial charge in [-0.25, -0.2) is 0 Å². The zero-order chi connectivity index (χ0) is 19.3. The van der Waals surface area contributed by atoms with Gasteiger partial charge in [0.1, 0.15) is 5.82 Å². The van der Waals surface area contributed by atoms with Gasteiger partial charge >= 0.3 is 0 Å². The minimum Gasteiger partial charge on any atom is -0.368 e. The minimum atomic E-state index is -0.0237. The average molecular weight is 384 g/mol. The van der Waals surface area contributed by atoms with E-state index in [2.05, 4.69) is 38.2 Å². The predicted octanol–water partition coefficient (Wildman–Crippen LogP) is 2.34. The lowest BCUT2D eigenvalue weighted by molar-refractivity contribution is -0.0978. The van der Waals surface area contributed by atoms with Gasteiger partial charge in [0.25, 0.3) is 0 Å². The molecule has 0 atom stereocenters. The van der Waals surface area contributed by atoms with E-state index in [1.165, 1.54) is 5.56 Å². The van der Waals surface area contributed by atoms with Crippen LogP contribution in [-0.2, 0) is 22.4 Å². The average Bonchev–Trinajstić information content (AvgIpc) is 3.23. The van der Waals surface area contributed by atoms with E-state index in [4.69, 9.17) is 15.2 Å². The second-order valence-corrected chi connectivity index (χ2v) is 7.29. The van der Waals surface area contributed by atoms with Crippen LogP contribution in [0.1, 0.15) is 31.2 Å². The third-order valence-corrected chi connectivity index (χ3v) is 5.37. The fraction of sp³-hybridized carbons (Fsp3) is 0.550. The maximum Gasteiger partial charge on any atom is 0.232 e. The molecule has 0 saturated carbocycles. The third kappa shape index (κ3) is 4.57. The number of hydrogen-bond donors (Lipinski definition) is 2. The van der Waals surface area contributed by atoms with Crippen LogP contribution < -0.4 is 11.1 Å². The molecule has 0 radical (unpaired) electrons. The number of aromatic nitrogens is 3. The Balaban J connectivity index is 1.39. The second kappa shape index (κ2) is 8.81. The second-order valence-electron chi connectivity index (χ2n) is 7.29. The van der Waals surface area contributed by atoms with E-state index in [0.717, 1.165) is 38.0 Å². The SMILES string of the molecule is CCc1ccccc1Nc1nc(N)nc(CN2CCC(C3OCCO3)CC2)n1. The van der Waals surface area contributed by atoms with Crippen molar-refractivity contribution in [3.8, 4) is 0 Å². The molecule has 2 aliphatic heterocycles. The topological polar surface area (TPSA) is 98.4 Å². The van der Waals surface area contributed by atoms with Crippen molar-refractivity contribution in [2.24, 2.45) is 5.92 Å². The van der Waals surface area contributed by atoms with Crippen LogP contribution in [0.25, 0.3) is 0 Å². The van der Waals surface area contributed by atoms with Crippen LogP contribution in [0.4, 0.5) is 17.6 Å². The van der Waals surface area contributed by atoms with E-state index in [0.29, 0.717) is 37.4 Å². The number of para-hydroxylation sites is 1. The van der Waals surface area contributed by atoms with Gasteiger partial charge in [-0.3, -0.25) is 4.90 Å². The molecule has 0 unspecified atom stereocenters. The molecule has 8 heteroatoms. The Morgan fingerprint density at radius 3 is 2.61 bits per heavy atom. The molecule has 2 fully saturated rings. The maximum absolute atomic E-state index is 5.94. The van der Waals surface area contributed by atoms with Crippen molar-refractivity contribution >= 4 is 17.6 Å². The summed E-state index contributed by atoms with van der Waals surface area (Å²) in [6.45, 7) is 6.16. The summed E-state index contributed by atoms with van der Waals surface area (Å²) in [6.07, 6.45) is 3.02. The number of likely N-dealkylation sites (tertiary alicyclic amines) is 1. The number of aryl methyl sites for hydroxylation is 1. The molecule has 2 aromatic rings. The molecule has 2 saturated heterocycles. The fourth-order valence-electron chi connectivity index (χ4n) is 3.87. The van der Waals surface area contributed by atoms with Crippen molar-refractivity contribution in [3.63, 3.8) is 0 Å². The zero-order valence-corrected chi connectivity index (χ0v) is 16.3. The molecule has 0 bridgehead atoms. The van der Waals surface area contributed by atoms with Crippen molar-refractivity contribution in [2.45, 2.75) is 39.0 Å². The van der Waals surface area contributed by atoms with Crippen LogP contribution in [-0.4, -0.2) is 52.4 Å². The highest BCUT2D eigenvalue weighted by Gasteiger charge is 2.30. The van der Waals surface area contributed by atoms with Crippen LogP contribution in [0, 0.1) is 5.92 Å². The zero-order valence-electron chi connectivity index (χ0n) is 16.3. The maximum atomic E-state index is 5.94. The molecule has 4 rings (SSSR count). The van der Waals surface area contributed by atoms with Gasteiger partial charge in [0.2, 0.25) is 11.9 Å². The van der Waals surface area contributed by atoms with Gasteiger partial charge in [-0.05, 0) is 44.0 Å². The first kappa shape index (κ1) is 19.0. The third-order valence-electron chi connectivity index (χ3n) is 5.37. The number of nitrogens with zero attached hydrogens (tertiary/aromatic N) is 4. The van der Waals surface area contributed by atoms with Gasteiger partial charge in [0.05, 0.1) is 19.8 Å². The number of hydrogen-bond acceptors (Lipinski definition) is 8. The van der Waals surface area contributed by atoms with Gasteiger partial charge in [-0.2, -0.15) is 15.0 Å². The molecule has 28 heavy (non-hydrogen) atoms. The Labute approximate surface area is 165 Å². The highest BCUT2D eigenvalue weighted by Crippen LogP contribution is 2.26. The summed E-state index contributed by atoms with van der Waals surface area (Å²) in [4.78, 5) is 15.5. The number of ether oxygens (including phenoxy) is 2. The highest BCUT2D eigenvalue weighted by molar-refractivity contribution is 5.58. The molecule has 3 N–H and O–H groups in total. The Morgan fingerprint density at radius 1 is 1.11 bits per heavy atom. The molecule has 1 aromatic carbocycles. The van der Waals surface area contributed by atoms with Gasteiger partial charge in [-0.1, -0.05) is 25.1 Å². The summed E-state index contributed by atoms with van der Waals surface area (Å²) in [5.74, 6) is 1.90. The molecular weight excluding hydrogens is 356 g/mol. The number of piperidine rings is 1. The van der Waals surface area contributed by atoms with Gasteiger partial charge in [0, 0.05) is 11.6 Å². The molecule has 150 valence electrons. The standard InChI is InChI=1S/C20H28N6O2/c1-2-14-5-3-4-6-16(14)22-20-24-17(23-19(21)25-20)13-26-9-7-15(8-10-26)18-27-11-12-28-18/h3-6,15,18H,2,7-13H2,1H3,(H3,21,22,23,24,25). The molecule has 0 amide bonds. The first-order chi connectivity index (χ1) is 13.7. The Morgan fingerprint density at radius 2 is 1.86 bits per heavy atom. The van der Waals surface area contributed by atoms with E-state index in [-0.39, 0.29) is 12.2 Å². The molecule has 3 heterocycles. The lowest BCUT2D eigenvalue weighted by atomic mass is 9.96. The summed E-state index contributed by atoms with van der Waals surface area (Å²) in [5, 5.41) is 3.29.